The minimum Gasteiger partial charge on any atom is -0.489 e. The quantitative estimate of drug-likeness (QED) is 0.811. The molecule has 1 aliphatic carbocycles. The van der Waals surface area contributed by atoms with Crippen LogP contribution in [0.25, 0.3) is 0 Å². The highest BCUT2D eigenvalue weighted by Crippen LogP contribution is 2.33. The first-order chi connectivity index (χ1) is 13.2. The number of nitrogens with zero attached hydrogens (tertiary/aromatic N) is 1. The van der Waals surface area contributed by atoms with Crippen molar-refractivity contribution in [2.45, 2.75) is 37.6 Å². The van der Waals surface area contributed by atoms with Crippen molar-refractivity contribution >= 4 is 0 Å². The number of aliphatic hydroxyl groups is 1. The van der Waals surface area contributed by atoms with E-state index in [1.807, 2.05) is 6.07 Å². The average molecular weight is 371 g/mol. The van der Waals surface area contributed by atoms with Gasteiger partial charge in [-0.05, 0) is 42.5 Å². The molecule has 3 atom stereocenters. The van der Waals surface area contributed by atoms with E-state index < -0.39 is 6.10 Å². The molecule has 1 heterocycles. The molecule has 5 heteroatoms. The van der Waals surface area contributed by atoms with Gasteiger partial charge in [-0.2, -0.15) is 0 Å². The molecule has 0 radical (unpaired) electrons. The van der Waals surface area contributed by atoms with Gasteiger partial charge in [0.25, 0.3) is 0 Å². The number of rotatable bonds is 7. The van der Waals surface area contributed by atoms with Crippen molar-refractivity contribution in [2.24, 2.45) is 0 Å². The lowest BCUT2D eigenvalue weighted by molar-refractivity contribution is -0.0200. The third kappa shape index (κ3) is 4.67. The zero-order valence-corrected chi connectivity index (χ0v) is 15.4. The first kappa shape index (κ1) is 18.4. The maximum atomic E-state index is 13.3. The second-order valence-electron chi connectivity index (χ2n) is 7.46. The standard InChI is InChI=1S/C22H26FNO3/c23-17-5-3-6-19(12-17)27-20-10-11-24(14-20)13-18(25)15-26-22-9-8-16-4-1-2-7-21(16)22/h1-7,12,18,20,22,25H,8-11,13-15H2/t18?,20?,22-/m1/s1. The fraction of sp³-hybridized carbons (Fsp3) is 0.455. The Hall–Kier alpha value is -1.95. The molecule has 4 rings (SSSR count). The minimum atomic E-state index is -0.523. The first-order valence-electron chi connectivity index (χ1n) is 9.69. The van der Waals surface area contributed by atoms with Gasteiger partial charge < -0.3 is 14.6 Å². The number of aliphatic hydroxyl groups excluding tert-OH is 1. The van der Waals surface area contributed by atoms with Crippen LogP contribution in [0.4, 0.5) is 4.39 Å². The molecule has 0 saturated carbocycles. The lowest BCUT2D eigenvalue weighted by Crippen LogP contribution is -2.35. The fourth-order valence-corrected chi connectivity index (χ4v) is 4.06. The average Bonchev–Trinajstić information content (AvgIpc) is 3.27. The third-order valence-corrected chi connectivity index (χ3v) is 5.36. The summed E-state index contributed by atoms with van der Waals surface area (Å²) in [6.45, 7) is 2.51. The molecule has 0 amide bonds. The number of β-amino-alcohol motifs (C(OH)–C–C–N with tert-alkyl or cyclic N) is 1. The van der Waals surface area contributed by atoms with E-state index in [2.05, 4.69) is 23.1 Å². The number of likely N-dealkylation sites (tertiary alicyclic amines) is 1. The molecule has 0 bridgehead atoms. The highest BCUT2D eigenvalue weighted by molar-refractivity contribution is 5.33. The first-order valence-corrected chi connectivity index (χ1v) is 9.69. The molecule has 27 heavy (non-hydrogen) atoms. The van der Waals surface area contributed by atoms with E-state index in [1.165, 1.54) is 23.3 Å². The van der Waals surface area contributed by atoms with Crippen molar-refractivity contribution in [3.8, 4) is 5.75 Å². The van der Waals surface area contributed by atoms with Crippen LogP contribution in [-0.2, 0) is 11.2 Å². The Balaban J connectivity index is 1.21. The summed E-state index contributed by atoms with van der Waals surface area (Å²) in [4.78, 5) is 2.18. The summed E-state index contributed by atoms with van der Waals surface area (Å²) < 4.78 is 25.1. The van der Waals surface area contributed by atoms with Gasteiger partial charge in [0.05, 0.1) is 18.8 Å². The molecule has 2 aliphatic rings. The second kappa shape index (κ2) is 8.38. The summed E-state index contributed by atoms with van der Waals surface area (Å²) in [5.74, 6) is 0.272. The van der Waals surface area contributed by atoms with Crippen LogP contribution in [0.2, 0.25) is 0 Å². The highest BCUT2D eigenvalue weighted by atomic mass is 19.1. The fourth-order valence-electron chi connectivity index (χ4n) is 4.06. The van der Waals surface area contributed by atoms with E-state index in [0.717, 1.165) is 32.4 Å². The summed E-state index contributed by atoms with van der Waals surface area (Å²) in [7, 11) is 0. The minimum absolute atomic E-state index is 0.0293. The lowest BCUT2D eigenvalue weighted by atomic mass is 10.1. The smallest absolute Gasteiger partial charge is 0.126 e. The van der Waals surface area contributed by atoms with Crippen LogP contribution in [0.15, 0.2) is 48.5 Å². The summed E-state index contributed by atoms with van der Waals surface area (Å²) in [6.07, 6.45) is 2.51. The van der Waals surface area contributed by atoms with Crippen molar-refractivity contribution in [1.82, 2.24) is 4.90 Å². The molecule has 0 aromatic heterocycles. The number of hydrogen-bond donors (Lipinski definition) is 1. The summed E-state index contributed by atoms with van der Waals surface area (Å²) >= 11 is 0. The molecule has 0 spiro atoms. The number of aryl methyl sites for hydroxylation is 1. The van der Waals surface area contributed by atoms with Gasteiger partial charge in [0.2, 0.25) is 0 Å². The molecular weight excluding hydrogens is 345 g/mol. The van der Waals surface area contributed by atoms with E-state index >= 15 is 0 Å². The molecule has 2 aromatic rings. The highest BCUT2D eigenvalue weighted by Gasteiger charge is 2.27. The van der Waals surface area contributed by atoms with Crippen LogP contribution >= 0.6 is 0 Å². The normalized spacial score (nSPS) is 23.3. The van der Waals surface area contributed by atoms with Crippen molar-refractivity contribution in [2.75, 3.05) is 26.2 Å². The SMILES string of the molecule is OC(CO[C@@H]1CCc2ccccc21)CN1CCC(Oc2cccc(F)c2)C1. The van der Waals surface area contributed by atoms with Gasteiger partial charge in [0, 0.05) is 25.7 Å². The Labute approximate surface area is 159 Å². The molecule has 1 N–H and O–H groups in total. The number of ether oxygens (including phenoxy) is 2. The number of hydrogen-bond acceptors (Lipinski definition) is 4. The van der Waals surface area contributed by atoms with Crippen molar-refractivity contribution < 1.29 is 19.0 Å². The largest absolute Gasteiger partial charge is 0.489 e. The van der Waals surface area contributed by atoms with Gasteiger partial charge in [-0.1, -0.05) is 30.3 Å². The van der Waals surface area contributed by atoms with E-state index in [-0.39, 0.29) is 18.0 Å². The Morgan fingerprint density at radius 3 is 2.93 bits per heavy atom. The summed E-state index contributed by atoms with van der Waals surface area (Å²) in [5.41, 5.74) is 2.61. The van der Waals surface area contributed by atoms with Crippen molar-refractivity contribution in [3.05, 3.63) is 65.5 Å². The van der Waals surface area contributed by atoms with Gasteiger partial charge in [0.1, 0.15) is 17.7 Å². The van der Waals surface area contributed by atoms with Crippen LogP contribution in [0.1, 0.15) is 30.1 Å². The number of halogens is 1. The molecule has 2 aromatic carbocycles. The predicted octanol–water partition coefficient (Wildman–Crippen LogP) is 3.34. The predicted molar refractivity (Wildman–Crippen MR) is 101 cm³/mol. The Morgan fingerprint density at radius 1 is 1.15 bits per heavy atom. The zero-order chi connectivity index (χ0) is 18.6. The van der Waals surface area contributed by atoms with Crippen LogP contribution < -0.4 is 4.74 Å². The van der Waals surface area contributed by atoms with Gasteiger partial charge in [-0.25, -0.2) is 4.39 Å². The van der Waals surface area contributed by atoms with Gasteiger partial charge in [-0.3, -0.25) is 4.90 Å². The molecule has 1 saturated heterocycles. The van der Waals surface area contributed by atoms with E-state index in [1.54, 1.807) is 12.1 Å². The van der Waals surface area contributed by atoms with Crippen LogP contribution in [0, 0.1) is 5.82 Å². The summed E-state index contributed by atoms with van der Waals surface area (Å²) in [6, 6.07) is 14.6. The zero-order valence-electron chi connectivity index (χ0n) is 15.4. The number of benzene rings is 2. The van der Waals surface area contributed by atoms with Gasteiger partial charge in [0.15, 0.2) is 0 Å². The monoisotopic (exact) mass is 371 g/mol. The van der Waals surface area contributed by atoms with Crippen LogP contribution in [0.5, 0.6) is 5.75 Å². The third-order valence-electron chi connectivity index (χ3n) is 5.36. The Kier molecular flexibility index (Phi) is 5.72. The van der Waals surface area contributed by atoms with Gasteiger partial charge >= 0.3 is 0 Å². The van der Waals surface area contributed by atoms with Crippen LogP contribution in [-0.4, -0.2) is 48.5 Å². The Bertz CT molecular complexity index is 769. The molecule has 2 unspecified atom stereocenters. The molecule has 1 aliphatic heterocycles. The Morgan fingerprint density at radius 2 is 2.04 bits per heavy atom. The van der Waals surface area contributed by atoms with E-state index in [9.17, 15) is 9.50 Å². The van der Waals surface area contributed by atoms with Gasteiger partial charge in [-0.15, -0.1) is 0 Å². The molecule has 4 nitrogen and oxygen atoms in total. The molecule has 1 fully saturated rings. The maximum absolute atomic E-state index is 13.3. The lowest BCUT2D eigenvalue weighted by Gasteiger charge is -2.22. The van der Waals surface area contributed by atoms with E-state index in [0.29, 0.717) is 18.9 Å². The molecular formula is C22H26FNO3. The maximum Gasteiger partial charge on any atom is 0.126 e. The van der Waals surface area contributed by atoms with E-state index in [4.69, 9.17) is 9.47 Å². The second-order valence-corrected chi connectivity index (χ2v) is 7.46. The molecule has 144 valence electrons. The summed E-state index contributed by atoms with van der Waals surface area (Å²) in [5, 5.41) is 10.4. The van der Waals surface area contributed by atoms with Crippen LogP contribution in [0.3, 0.4) is 0 Å². The van der Waals surface area contributed by atoms with Crippen molar-refractivity contribution in [3.63, 3.8) is 0 Å². The topological polar surface area (TPSA) is 41.9 Å². The number of fused-ring (bicyclic) bond motifs is 1. The van der Waals surface area contributed by atoms with Crippen molar-refractivity contribution in [1.29, 1.82) is 0 Å².